The molecule has 0 radical (unpaired) electrons. The molecule has 3 rings (SSSR count). The number of anilines is 1. The number of nitrogens with zero attached hydrogens (tertiary/aromatic N) is 3. The molecule has 6 nitrogen and oxygen atoms in total. The number of aromatic carboxylic acids is 1. The van der Waals surface area contributed by atoms with Gasteiger partial charge in [-0.2, -0.15) is 0 Å². The molecule has 1 saturated heterocycles. The first kappa shape index (κ1) is 13.8. The summed E-state index contributed by atoms with van der Waals surface area (Å²) < 4.78 is 0. The SMILES string of the molecule is O=C(O)c1ccc2c(N3CCC(CCO)C3)ncnc2c1. The molecule has 0 aliphatic carbocycles. The lowest BCUT2D eigenvalue weighted by molar-refractivity contribution is 0.0697. The second-order valence-corrected chi connectivity index (χ2v) is 5.35. The monoisotopic (exact) mass is 287 g/mol. The fraction of sp³-hybridized carbons (Fsp3) is 0.400. The molecule has 0 amide bonds. The number of aromatic nitrogens is 2. The van der Waals surface area contributed by atoms with E-state index < -0.39 is 5.97 Å². The zero-order valence-electron chi connectivity index (χ0n) is 11.6. The van der Waals surface area contributed by atoms with E-state index in [1.165, 1.54) is 6.33 Å². The minimum absolute atomic E-state index is 0.213. The Labute approximate surface area is 122 Å². The highest BCUT2D eigenvalue weighted by atomic mass is 16.4. The number of rotatable bonds is 4. The summed E-state index contributed by atoms with van der Waals surface area (Å²) >= 11 is 0. The van der Waals surface area contributed by atoms with Crippen LogP contribution in [0.25, 0.3) is 10.9 Å². The van der Waals surface area contributed by atoms with Crippen LogP contribution in [-0.4, -0.2) is 45.8 Å². The summed E-state index contributed by atoms with van der Waals surface area (Å²) in [4.78, 5) is 21.7. The van der Waals surface area contributed by atoms with Crippen LogP contribution in [0.2, 0.25) is 0 Å². The standard InChI is InChI=1S/C15H17N3O3/c19-6-4-10-3-5-18(8-10)14-12-2-1-11(15(20)21)7-13(12)16-9-17-14/h1-2,7,9-10,19H,3-6,8H2,(H,20,21). The van der Waals surface area contributed by atoms with Gasteiger partial charge in [-0.3, -0.25) is 0 Å². The van der Waals surface area contributed by atoms with Crippen molar-refractivity contribution in [3.63, 3.8) is 0 Å². The zero-order chi connectivity index (χ0) is 14.8. The Bertz CT molecular complexity index is 674. The second kappa shape index (κ2) is 5.65. The summed E-state index contributed by atoms with van der Waals surface area (Å²) in [6.45, 7) is 1.98. The van der Waals surface area contributed by atoms with E-state index >= 15 is 0 Å². The Morgan fingerprint density at radius 1 is 1.38 bits per heavy atom. The lowest BCUT2D eigenvalue weighted by Gasteiger charge is -2.19. The van der Waals surface area contributed by atoms with Gasteiger partial charge in [0.15, 0.2) is 0 Å². The number of carbonyl (C=O) groups is 1. The van der Waals surface area contributed by atoms with Gasteiger partial charge < -0.3 is 15.1 Å². The Kier molecular flexibility index (Phi) is 3.70. The molecule has 1 unspecified atom stereocenters. The first-order valence-electron chi connectivity index (χ1n) is 7.03. The number of aliphatic hydroxyl groups is 1. The Balaban J connectivity index is 1.94. The van der Waals surface area contributed by atoms with Crippen LogP contribution in [0.3, 0.4) is 0 Å². The first-order valence-corrected chi connectivity index (χ1v) is 7.03. The van der Waals surface area contributed by atoms with Crippen LogP contribution in [0.15, 0.2) is 24.5 Å². The molecule has 2 N–H and O–H groups in total. The Morgan fingerprint density at radius 3 is 3.00 bits per heavy atom. The molecule has 21 heavy (non-hydrogen) atoms. The molecule has 1 atom stereocenters. The minimum atomic E-state index is -0.957. The van der Waals surface area contributed by atoms with Gasteiger partial charge >= 0.3 is 5.97 Å². The van der Waals surface area contributed by atoms with Crippen molar-refractivity contribution in [2.24, 2.45) is 5.92 Å². The van der Waals surface area contributed by atoms with Gasteiger partial charge in [0.1, 0.15) is 12.1 Å². The number of aliphatic hydroxyl groups excluding tert-OH is 1. The summed E-state index contributed by atoms with van der Waals surface area (Å²) in [5.74, 6) is 0.372. The van der Waals surface area contributed by atoms with E-state index in [0.29, 0.717) is 11.4 Å². The number of carboxylic acid groups (broad SMARTS) is 1. The van der Waals surface area contributed by atoms with Crippen molar-refractivity contribution in [1.29, 1.82) is 0 Å². The Hall–Kier alpha value is -2.21. The van der Waals surface area contributed by atoms with Gasteiger partial charge in [-0.05, 0) is 37.0 Å². The van der Waals surface area contributed by atoms with Crippen molar-refractivity contribution >= 4 is 22.7 Å². The minimum Gasteiger partial charge on any atom is -0.478 e. The molecule has 2 heterocycles. The highest BCUT2D eigenvalue weighted by molar-refractivity contribution is 5.96. The van der Waals surface area contributed by atoms with E-state index in [2.05, 4.69) is 14.9 Å². The smallest absolute Gasteiger partial charge is 0.335 e. The van der Waals surface area contributed by atoms with E-state index in [9.17, 15) is 4.79 Å². The van der Waals surface area contributed by atoms with Gasteiger partial charge in [-0.1, -0.05) is 0 Å². The van der Waals surface area contributed by atoms with Crippen LogP contribution in [0, 0.1) is 5.92 Å². The topological polar surface area (TPSA) is 86.5 Å². The molecular formula is C15H17N3O3. The average Bonchev–Trinajstić information content (AvgIpc) is 2.95. The van der Waals surface area contributed by atoms with Gasteiger partial charge in [0.2, 0.25) is 0 Å². The third kappa shape index (κ3) is 2.67. The predicted molar refractivity (Wildman–Crippen MR) is 78.5 cm³/mol. The van der Waals surface area contributed by atoms with Crippen molar-refractivity contribution in [3.05, 3.63) is 30.1 Å². The van der Waals surface area contributed by atoms with Gasteiger partial charge in [0.05, 0.1) is 11.1 Å². The zero-order valence-corrected chi connectivity index (χ0v) is 11.6. The van der Waals surface area contributed by atoms with E-state index in [4.69, 9.17) is 10.2 Å². The van der Waals surface area contributed by atoms with E-state index in [-0.39, 0.29) is 12.2 Å². The lowest BCUT2D eigenvalue weighted by Crippen LogP contribution is -2.21. The van der Waals surface area contributed by atoms with Crippen LogP contribution in [0.1, 0.15) is 23.2 Å². The number of hydrogen-bond acceptors (Lipinski definition) is 5. The van der Waals surface area contributed by atoms with Gasteiger partial charge in [-0.25, -0.2) is 14.8 Å². The van der Waals surface area contributed by atoms with E-state index in [0.717, 1.165) is 37.1 Å². The fourth-order valence-electron chi connectivity index (χ4n) is 2.87. The molecular weight excluding hydrogens is 270 g/mol. The van der Waals surface area contributed by atoms with Crippen LogP contribution in [0.5, 0.6) is 0 Å². The maximum absolute atomic E-state index is 11.0. The van der Waals surface area contributed by atoms with Crippen molar-refractivity contribution in [2.45, 2.75) is 12.8 Å². The van der Waals surface area contributed by atoms with Crippen LogP contribution >= 0.6 is 0 Å². The average molecular weight is 287 g/mol. The van der Waals surface area contributed by atoms with Gasteiger partial charge in [0, 0.05) is 25.1 Å². The number of fused-ring (bicyclic) bond motifs is 1. The predicted octanol–water partition coefficient (Wildman–Crippen LogP) is 1.54. The van der Waals surface area contributed by atoms with E-state index in [1.807, 2.05) is 0 Å². The third-order valence-corrected chi connectivity index (χ3v) is 3.99. The molecule has 1 aromatic carbocycles. The normalized spacial score (nSPS) is 18.3. The van der Waals surface area contributed by atoms with Gasteiger partial charge in [0.25, 0.3) is 0 Å². The summed E-state index contributed by atoms with van der Waals surface area (Å²) in [6, 6.07) is 4.93. The molecule has 0 spiro atoms. The van der Waals surface area contributed by atoms with Crippen molar-refractivity contribution in [2.75, 3.05) is 24.6 Å². The molecule has 1 aliphatic rings. The first-order chi connectivity index (χ1) is 10.2. The summed E-state index contributed by atoms with van der Waals surface area (Å²) in [7, 11) is 0. The van der Waals surface area contributed by atoms with Crippen molar-refractivity contribution in [3.8, 4) is 0 Å². The largest absolute Gasteiger partial charge is 0.478 e. The molecule has 0 saturated carbocycles. The lowest BCUT2D eigenvalue weighted by atomic mass is 10.1. The highest BCUT2D eigenvalue weighted by Gasteiger charge is 2.24. The highest BCUT2D eigenvalue weighted by Crippen LogP contribution is 2.29. The number of benzene rings is 1. The van der Waals surface area contributed by atoms with Crippen LogP contribution < -0.4 is 4.90 Å². The van der Waals surface area contributed by atoms with Crippen molar-refractivity contribution in [1.82, 2.24) is 9.97 Å². The Morgan fingerprint density at radius 2 is 2.24 bits per heavy atom. The fourth-order valence-corrected chi connectivity index (χ4v) is 2.87. The maximum Gasteiger partial charge on any atom is 0.335 e. The van der Waals surface area contributed by atoms with E-state index in [1.54, 1.807) is 18.2 Å². The third-order valence-electron chi connectivity index (χ3n) is 3.99. The molecule has 1 aliphatic heterocycles. The molecule has 2 aromatic rings. The van der Waals surface area contributed by atoms with Crippen LogP contribution in [-0.2, 0) is 0 Å². The van der Waals surface area contributed by atoms with Crippen molar-refractivity contribution < 1.29 is 15.0 Å². The summed E-state index contributed by atoms with van der Waals surface area (Å²) in [6.07, 6.45) is 3.32. The molecule has 6 heteroatoms. The molecule has 1 aromatic heterocycles. The summed E-state index contributed by atoms with van der Waals surface area (Å²) in [5, 5.41) is 18.9. The molecule has 0 bridgehead atoms. The van der Waals surface area contributed by atoms with Gasteiger partial charge in [-0.15, -0.1) is 0 Å². The number of hydrogen-bond donors (Lipinski definition) is 2. The van der Waals surface area contributed by atoms with Crippen LogP contribution in [0.4, 0.5) is 5.82 Å². The molecule has 110 valence electrons. The molecule has 1 fully saturated rings. The second-order valence-electron chi connectivity index (χ2n) is 5.35. The number of carboxylic acids is 1. The maximum atomic E-state index is 11.0. The quantitative estimate of drug-likeness (QED) is 0.887. The summed E-state index contributed by atoms with van der Waals surface area (Å²) in [5.41, 5.74) is 0.872.